The zero-order valence-electron chi connectivity index (χ0n) is 12.1. The van der Waals surface area contributed by atoms with Gasteiger partial charge in [-0.05, 0) is 18.9 Å². The van der Waals surface area contributed by atoms with Crippen molar-refractivity contribution in [3.63, 3.8) is 0 Å². The molecule has 1 unspecified atom stereocenters. The normalized spacial score (nSPS) is 14.1. The van der Waals surface area contributed by atoms with E-state index in [1.807, 2.05) is 38.1 Å². The molecule has 2 aromatic rings. The van der Waals surface area contributed by atoms with E-state index in [1.54, 1.807) is 6.92 Å². The van der Waals surface area contributed by atoms with E-state index >= 15 is 0 Å². The first-order valence-electron chi connectivity index (χ1n) is 6.56. The molecular weight excluding hydrogens is 308 g/mol. The molecule has 0 aliphatic rings. The van der Waals surface area contributed by atoms with Crippen LogP contribution in [0.3, 0.4) is 0 Å². The van der Waals surface area contributed by atoms with E-state index in [4.69, 9.17) is 17.3 Å². The van der Waals surface area contributed by atoms with E-state index in [9.17, 15) is 9.59 Å². The molecule has 0 saturated carbocycles. The second kappa shape index (κ2) is 5.66. The van der Waals surface area contributed by atoms with Crippen molar-refractivity contribution in [2.45, 2.75) is 26.3 Å². The predicted octanol–water partition coefficient (Wildman–Crippen LogP) is 3.18. The minimum absolute atomic E-state index is 0.132. The van der Waals surface area contributed by atoms with Gasteiger partial charge < -0.3 is 11.1 Å². The number of thiophene rings is 1. The molecule has 1 heterocycles. The number of nitrogens with one attached hydrogen (secondary N) is 1. The van der Waals surface area contributed by atoms with Crippen LogP contribution in [0.15, 0.2) is 24.3 Å². The Morgan fingerprint density at radius 3 is 2.48 bits per heavy atom. The number of hydrogen-bond acceptors (Lipinski definition) is 3. The Bertz CT molecular complexity index is 711. The summed E-state index contributed by atoms with van der Waals surface area (Å²) in [5, 5.41) is 3.96. The number of primary amides is 1. The molecule has 0 aliphatic carbocycles. The first-order valence-corrected chi connectivity index (χ1v) is 7.76. The summed E-state index contributed by atoms with van der Waals surface area (Å²) in [5.41, 5.74) is 4.31. The van der Waals surface area contributed by atoms with Crippen molar-refractivity contribution in [1.29, 1.82) is 0 Å². The van der Waals surface area contributed by atoms with Gasteiger partial charge in [-0.15, -0.1) is 11.3 Å². The SMILES string of the molecule is CC(C)C(C)(NC(=O)c1sc2ccccc2c1Cl)C(N)=O. The summed E-state index contributed by atoms with van der Waals surface area (Å²) < 4.78 is 0.929. The van der Waals surface area contributed by atoms with Crippen LogP contribution in [-0.2, 0) is 4.79 Å². The van der Waals surface area contributed by atoms with Crippen LogP contribution in [0.4, 0.5) is 0 Å². The van der Waals surface area contributed by atoms with E-state index in [-0.39, 0.29) is 11.8 Å². The molecule has 2 rings (SSSR count). The molecule has 0 aliphatic heterocycles. The number of benzene rings is 1. The van der Waals surface area contributed by atoms with Crippen LogP contribution in [0, 0.1) is 5.92 Å². The highest BCUT2D eigenvalue weighted by Crippen LogP contribution is 2.35. The van der Waals surface area contributed by atoms with Gasteiger partial charge in [0.1, 0.15) is 10.4 Å². The Morgan fingerprint density at radius 1 is 1.33 bits per heavy atom. The lowest BCUT2D eigenvalue weighted by atomic mass is 9.87. The highest BCUT2D eigenvalue weighted by molar-refractivity contribution is 7.21. The van der Waals surface area contributed by atoms with E-state index in [1.165, 1.54) is 11.3 Å². The Labute approximate surface area is 132 Å². The zero-order chi connectivity index (χ0) is 15.8. The molecular formula is C15H17ClN2O2S. The quantitative estimate of drug-likeness (QED) is 0.906. The molecule has 21 heavy (non-hydrogen) atoms. The zero-order valence-corrected chi connectivity index (χ0v) is 13.6. The molecule has 4 nitrogen and oxygen atoms in total. The lowest BCUT2D eigenvalue weighted by Gasteiger charge is -2.31. The molecule has 2 amide bonds. The van der Waals surface area contributed by atoms with Gasteiger partial charge in [0.2, 0.25) is 5.91 Å². The second-order valence-electron chi connectivity index (χ2n) is 5.42. The van der Waals surface area contributed by atoms with Crippen LogP contribution < -0.4 is 11.1 Å². The lowest BCUT2D eigenvalue weighted by Crippen LogP contribution is -2.58. The smallest absolute Gasteiger partial charge is 0.263 e. The molecule has 1 atom stereocenters. The van der Waals surface area contributed by atoms with E-state index in [0.717, 1.165) is 10.1 Å². The van der Waals surface area contributed by atoms with Crippen molar-refractivity contribution in [1.82, 2.24) is 5.32 Å². The van der Waals surface area contributed by atoms with Gasteiger partial charge in [0, 0.05) is 10.1 Å². The van der Waals surface area contributed by atoms with Gasteiger partial charge in [-0.1, -0.05) is 43.6 Å². The van der Waals surface area contributed by atoms with E-state index < -0.39 is 11.4 Å². The third kappa shape index (κ3) is 2.76. The minimum Gasteiger partial charge on any atom is -0.368 e. The van der Waals surface area contributed by atoms with Crippen molar-refractivity contribution in [2.24, 2.45) is 11.7 Å². The Kier molecular flexibility index (Phi) is 4.25. The number of amides is 2. The van der Waals surface area contributed by atoms with Gasteiger partial charge in [-0.25, -0.2) is 0 Å². The van der Waals surface area contributed by atoms with Crippen molar-refractivity contribution < 1.29 is 9.59 Å². The fourth-order valence-corrected chi connectivity index (χ4v) is 3.36. The van der Waals surface area contributed by atoms with Crippen molar-refractivity contribution in [3.8, 4) is 0 Å². The fourth-order valence-electron chi connectivity index (χ4n) is 1.94. The molecule has 1 aromatic carbocycles. The monoisotopic (exact) mass is 324 g/mol. The molecule has 0 spiro atoms. The third-order valence-corrected chi connectivity index (χ3v) is 5.46. The Morgan fingerprint density at radius 2 is 1.95 bits per heavy atom. The van der Waals surface area contributed by atoms with Crippen LogP contribution in [0.5, 0.6) is 0 Å². The highest BCUT2D eigenvalue weighted by atomic mass is 35.5. The number of rotatable bonds is 4. The second-order valence-corrected chi connectivity index (χ2v) is 6.85. The summed E-state index contributed by atoms with van der Waals surface area (Å²) in [4.78, 5) is 24.5. The van der Waals surface area contributed by atoms with Crippen LogP contribution in [0.2, 0.25) is 5.02 Å². The number of carbonyl (C=O) groups is 2. The van der Waals surface area contributed by atoms with Gasteiger partial charge in [-0.2, -0.15) is 0 Å². The van der Waals surface area contributed by atoms with Gasteiger partial charge in [0.25, 0.3) is 5.91 Å². The fraction of sp³-hybridized carbons (Fsp3) is 0.333. The topological polar surface area (TPSA) is 72.2 Å². The van der Waals surface area contributed by atoms with Gasteiger partial charge >= 0.3 is 0 Å². The van der Waals surface area contributed by atoms with Gasteiger partial charge in [0.05, 0.1) is 5.02 Å². The number of hydrogen-bond donors (Lipinski definition) is 2. The molecule has 6 heteroatoms. The van der Waals surface area contributed by atoms with Crippen molar-refractivity contribution in [3.05, 3.63) is 34.2 Å². The summed E-state index contributed by atoms with van der Waals surface area (Å²) in [6.45, 7) is 5.29. The average Bonchev–Trinajstić information content (AvgIpc) is 2.76. The number of nitrogens with two attached hydrogens (primary N) is 1. The summed E-state index contributed by atoms with van der Waals surface area (Å²) in [7, 11) is 0. The molecule has 0 bridgehead atoms. The first-order chi connectivity index (χ1) is 9.77. The highest BCUT2D eigenvalue weighted by Gasteiger charge is 2.37. The van der Waals surface area contributed by atoms with Crippen LogP contribution in [-0.4, -0.2) is 17.4 Å². The van der Waals surface area contributed by atoms with Gasteiger partial charge in [0.15, 0.2) is 0 Å². The van der Waals surface area contributed by atoms with Gasteiger partial charge in [-0.3, -0.25) is 9.59 Å². The minimum atomic E-state index is -1.11. The Hall–Kier alpha value is -1.59. The maximum absolute atomic E-state index is 12.5. The average molecular weight is 325 g/mol. The molecule has 1 aromatic heterocycles. The standard InChI is InChI=1S/C15H17ClN2O2S/c1-8(2)15(3,14(17)20)18-13(19)12-11(16)9-6-4-5-7-10(9)21-12/h4-8H,1-3H3,(H2,17,20)(H,18,19). The molecule has 3 N–H and O–H groups in total. The van der Waals surface area contributed by atoms with Crippen LogP contribution >= 0.6 is 22.9 Å². The molecule has 0 saturated heterocycles. The van der Waals surface area contributed by atoms with Crippen molar-refractivity contribution in [2.75, 3.05) is 0 Å². The summed E-state index contributed by atoms with van der Waals surface area (Å²) >= 11 is 7.57. The van der Waals surface area contributed by atoms with E-state index in [0.29, 0.717) is 9.90 Å². The number of carbonyl (C=O) groups excluding carboxylic acids is 2. The lowest BCUT2D eigenvalue weighted by molar-refractivity contribution is -0.125. The predicted molar refractivity (Wildman–Crippen MR) is 86.7 cm³/mol. The summed E-state index contributed by atoms with van der Waals surface area (Å²) in [6, 6.07) is 7.52. The number of halogens is 1. The first kappa shape index (κ1) is 15.8. The Balaban J connectivity index is 2.39. The molecule has 0 radical (unpaired) electrons. The number of fused-ring (bicyclic) bond motifs is 1. The largest absolute Gasteiger partial charge is 0.368 e. The maximum atomic E-state index is 12.5. The molecule has 0 fully saturated rings. The van der Waals surface area contributed by atoms with Crippen molar-refractivity contribution >= 4 is 44.8 Å². The van der Waals surface area contributed by atoms with Crippen LogP contribution in [0.25, 0.3) is 10.1 Å². The van der Waals surface area contributed by atoms with Crippen LogP contribution in [0.1, 0.15) is 30.4 Å². The maximum Gasteiger partial charge on any atom is 0.263 e. The van der Waals surface area contributed by atoms with E-state index in [2.05, 4.69) is 5.32 Å². The summed E-state index contributed by atoms with van der Waals surface area (Å²) in [6.07, 6.45) is 0. The third-order valence-electron chi connectivity index (χ3n) is 3.78. The molecule has 112 valence electrons. The summed E-state index contributed by atoms with van der Waals surface area (Å²) in [5.74, 6) is -1.08.